The number of aromatic amines is 5. The van der Waals surface area contributed by atoms with Crippen molar-refractivity contribution in [3.05, 3.63) is 176 Å². The van der Waals surface area contributed by atoms with E-state index in [-0.39, 0.29) is 94.7 Å². The van der Waals surface area contributed by atoms with Crippen LogP contribution in [0, 0.1) is 34.6 Å². The number of aryl methyl sites for hydroxylation is 5. The van der Waals surface area contributed by atoms with Crippen molar-refractivity contribution in [2.75, 3.05) is 69.7 Å². The van der Waals surface area contributed by atoms with Gasteiger partial charge in [-0.15, -0.1) is 0 Å². The molecule has 60 nitrogen and oxygen atoms in total. The normalized spacial score (nSPS) is 29.4. The third-order valence-corrected chi connectivity index (χ3v) is 35.3. The van der Waals surface area contributed by atoms with Crippen LogP contribution < -0.4 is 79.2 Å². The maximum Gasteiger partial charge on any atom is 0.351 e. The van der Waals surface area contributed by atoms with Crippen molar-refractivity contribution >= 4 is 176 Å². The fraction of sp³-hybridized carbons (Fsp3) is 0.583. The number of ether oxygens (including phenoxy) is 7. The molecule has 16 heterocycles. The summed E-state index contributed by atoms with van der Waals surface area (Å²) in [6, 6.07) is 0. The Morgan fingerprint density at radius 3 is 0.808 bits per heavy atom. The summed E-state index contributed by atoms with van der Waals surface area (Å²) in [5.41, 5.74) is 16.1. The number of nitrogens with one attached hydrogen (secondary N) is 5. The molecule has 7 aliphatic heterocycles. The van der Waals surface area contributed by atoms with Gasteiger partial charge in [0.1, 0.15) is 91.9 Å². The van der Waals surface area contributed by atoms with Gasteiger partial charge in [0.05, 0.1) is 101 Å². The van der Waals surface area contributed by atoms with Crippen LogP contribution in [-0.2, 0) is 179 Å². The monoisotopic (exact) mass is 2320 g/mol. The molecular formula is C72H97N22O38P7S7. The van der Waals surface area contributed by atoms with E-state index >= 15 is 0 Å². The average molecular weight is 2320 g/mol. The van der Waals surface area contributed by atoms with Crippen LogP contribution in [0.15, 0.2) is 91.6 Å². The van der Waals surface area contributed by atoms with Crippen molar-refractivity contribution in [2.24, 2.45) is 0 Å². The Morgan fingerprint density at radius 1 is 0.329 bits per heavy atom. The van der Waals surface area contributed by atoms with E-state index in [9.17, 15) is 82.2 Å². The SMILES string of the molecule is CC[C@H]1O[C@@H](n2cc(C)c(N)nc2=O)C[C@H]1OP(O)(=S)OC[C@H]1O[C@@H](n2cc(C)c(=O)[nH]c2=O)C[C@H]1OP(O)(=S)OC[C@H]1O[C@@H](n2cc(C)c(N)nc2=O)C[C@H]1OP(O)(=S)OC[C@H]1O[C@@H](n2cc(C)c(=O)[nH]c2=O)C[C@H]1OP(O)(=S)OC[C@H]1O[C@@H](n2cc(C)c(=O)[nH]c2=O)C[C@H]1OP(O)(=S)OC[C@H]1O[C@@H](n2cnc3c(=O)[nH]c(N)nc32)C[C@H]1OP(O)(=S)OC[C@H]1O[C@@H](n2cnc3c(=O)[nH]c(N)nc32)C[C@H]1OP(O)(=S)OC. The van der Waals surface area contributed by atoms with Gasteiger partial charge in [-0.05, 0) is 124 Å². The number of H-pyrrole nitrogens is 5. The van der Waals surface area contributed by atoms with E-state index in [0.29, 0.717) is 17.5 Å². The van der Waals surface area contributed by atoms with Crippen LogP contribution in [0.4, 0.5) is 23.5 Å². The number of imidazole rings is 2. The molecule has 0 aromatic carbocycles. The van der Waals surface area contributed by atoms with Crippen molar-refractivity contribution in [3.63, 3.8) is 0 Å². The fourth-order valence-corrected chi connectivity index (χ4v) is 26.7. The van der Waals surface area contributed by atoms with E-state index < -0.39 is 285 Å². The summed E-state index contributed by atoms with van der Waals surface area (Å²) < 4.78 is 135. The lowest BCUT2D eigenvalue weighted by Gasteiger charge is -2.29. The van der Waals surface area contributed by atoms with Crippen LogP contribution in [0.5, 0.6) is 0 Å². The Labute approximate surface area is 854 Å². The average Bonchev–Trinajstić information content (AvgIpc) is 1.62. The number of fused-ring (bicyclic) bond motifs is 2. The predicted octanol–water partition coefficient (Wildman–Crippen LogP) is -0.329. The molecule has 0 bridgehead atoms. The standard InChI is InChI=1S/C72H97N22O38P7S7/c1-8-34-35(9-48(119-34)88-16-29(2)57(73)79-68(88)100)127-134(106,141)113-22-44-38(11-50(121-44)90-18-31(4)61(95)85-70(90)102)129-136(108,143)115-23-43-37(10-49(120-43)89-17-30(3)58(74)80-69(89)101)128-135(107,142)116-24-45-39(12-51(122-45)91-19-32(5)62(96)86-71(91)103)130-137(109,144)117-25-46-40(13-52(123-46)92-20-33(6)63(97)87-72(92)104)131-138(110,145)118-26-47-41(15-54(125-47)94-28-78-56-60(94)82-67(76)84-65(56)99)132-139(111,146)114-21-42-36(126-133(105,140)112-7)14-53(124-42)93-27-77-55-59(93)81-66(75)83-64(55)98/h16-20,27-28,34-54H,8-15,21-26H2,1-7H3,(H,105,140)(H,106,141)(H,107,142)(H,108,143)(H,109,144)(H,110,145)(H,111,146)(H2,73,79,100)(H2,74,80,101)(H,85,95,102)(H,86,96,103)(H,87,97,104)(H3,75,81,83,98)(H3,76,82,84,99)/t34-,35-,36-,37-,38-,39-,40-,41-,42-,43-,44-,45-,46-,47-,48-,49-,50-,51-,52-,53-,54-,133?,134?,135?,136?,137?,138?,139?/m1/s1. The second-order valence-electron chi connectivity index (χ2n) is 34.2. The van der Waals surface area contributed by atoms with E-state index in [0.717, 1.165) is 37.8 Å². The summed E-state index contributed by atoms with van der Waals surface area (Å²) in [7, 11) is 1.11. The van der Waals surface area contributed by atoms with Crippen LogP contribution >= 0.6 is 47.0 Å². The summed E-state index contributed by atoms with van der Waals surface area (Å²) in [6.45, 7) is -27.5. The Bertz CT molecular complexity index is 7520. The third kappa shape index (κ3) is 26.3. The zero-order valence-electron chi connectivity index (χ0n) is 77.0. The van der Waals surface area contributed by atoms with Gasteiger partial charge >= 0.3 is 75.5 Å². The molecule has 9 aromatic heterocycles. The number of nitrogens with two attached hydrogens (primary N) is 4. The molecule has 7 unspecified atom stereocenters. The molecule has 20 N–H and O–H groups in total. The van der Waals surface area contributed by atoms with Crippen molar-refractivity contribution < 1.29 is 131 Å². The molecule has 7 aliphatic rings. The Kier molecular flexibility index (Phi) is 34.2. The molecule has 7 saturated heterocycles. The van der Waals surface area contributed by atoms with Crippen molar-refractivity contribution in [1.82, 2.24) is 86.8 Å². The first-order valence-electron chi connectivity index (χ1n) is 43.8. The van der Waals surface area contributed by atoms with E-state index in [1.807, 2.05) is 0 Å². The minimum Gasteiger partial charge on any atom is -0.383 e. The van der Waals surface area contributed by atoms with Gasteiger partial charge in [0.15, 0.2) is 22.3 Å². The number of hydrogen-bond acceptors (Lipinski definition) is 48. The summed E-state index contributed by atoms with van der Waals surface area (Å²) in [4.78, 5) is 250. The largest absolute Gasteiger partial charge is 0.383 e. The molecule has 9 aromatic rings. The molecule has 800 valence electrons. The van der Waals surface area contributed by atoms with E-state index in [2.05, 4.69) is 54.8 Å². The van der Waals surface area contributed by atoms with Gasteiger partial charge < -0.3 is 154 Å². The number of rotatable bonds is 41. The first kappa shape index (κ1) is 112. The van der Waals surface area contributed by atoms with Gasteiger partial charge in [-0.3, -0.25) is 80.9 Å². The predicted molar refractivity (Wildman–Crippen MR) is 531 cm³/mol. The fourth-order valence-electron chi connectivity index (χ4n) is 16.8. The summed E-state index contributed by atoms with van der Waals surface area (Å²) in [6.07, 6.45) is -20.7. The Hall–Kier alpha value is -6.87. The number of hydrogen-bond donors (Lipinski definition) is 16. The maximum atomic E-state index is 13.6. The van der Waals surface area contributed by atoms with Crippen LogP contribution in [0.2, 0.25) is 0 Å². The Balaban J connectivity index is 0.606. The van der Waals surface area contributed by atoms with Crippen LogP contribution in [-0.4, -0.2) is 253 Å². The molecule has 28 atom stereocenters. The smallest absolute Gasteiger partial charge is 0.351 e. The van der Waals surface area contributed by atoms with E-state index in [1.165, 1.54) is 72.6 Å². The van der Waals surface area contributed by atoms with E-state index in [4.69, 9.17) is 202 Å². The zero-order valence-corrected chi connectivity index (χ0v) is 88.9. The van der Waals surface area contributed by atoms with Gasteiger partial charge in [0.2, 0.25) is 11.9 Å². The van der Waals surface area contributed by atoms with Crippen molar-refractivity contribution in [3.8, 4) is 0 Å². The molecule has 7 fully saturated rings. The first-order valence-corrected chi connectivity index (χ1v) is 61.9. The number of nitrogens with zero attached hydrogens (tertiary/aromatic N) is 13. The van der Waals surface area contributed by atoms with E-state index in [1.54, 1.807) is 13.8 Å². The minimum atomic E-state index is -4.81. The molecule has 16 rings (SSSR count). The number of aromatic nitrogens is 18. The summed E-state index contributed by atoms with van der Waals surface area (Å²) >= 11 is 38.8. The molecule has 146 heavy (non-hydrogen) atoms. The lowest BCUT2D eigenvalue weighted by Crippen LogP contribution is -2.33. The highest BCUT2D eigenvalue weighted by Crippen LogP contribution is 2.59. The summed E-state index contributed by atoms with van der Waals surface area (Å²) in [5, 5.41) is 0. The van der Waals surface area contributed by atoms with Crippen LogP contribution in [0.3, 0.4) is 0 Å². The van der Waals surface area contributed by atoms with Gasteiger partial charge in [-0.25, -0.2) is 33.9 Å². The van der Waals surface area contributed by atoms with Gasteiger partial charge in [0.25, 0.3) is 27.8 Å². The molecule has 74 heteroatoms. The maximum absolute atomic E-state index is 13.6. The van der Waals surface area contributed by atoms with Crippen LogP contribution in [0.25, 0.3) is 22.3 Å². The highest BCUT2D eigenvalue weighted by atomic mass is 32.5. The first-order chi connectivity index (χ1) is 68.5. The highest BCUT2D eigenvalue weighted by molar-refractivity contribution is 8.09. The van der Waals surface area contributed by atoms with Crippen molar-refractivity contribution in [2.45, 2.75) is 222 Å². The van der Waals surface area contributed by atoms with Gasteiger partial charge in [-0.1, -0.05) is 6.92 Å². The van der Waals surface area contributed by atoms with Gasteiger partial charge in [0, 0.05) is 111 Å². The molecule has 0 radical (unpaired) electrons. The lowest BCUT2D eigenvalue weighted by molar-refractivity contribution is -0.0579. The van der Waals surface area contributed by atoms with Gasteiger partial charge in [-0.2, -0.15) is 19.9 Å². The molecule has 0 aliphatic carbocycles. The molecule has 0 amide bonds. The third-order valence-electron chi connectivity index (χ3n) is 24.0. The molecule has 0 saturated carbocycles. The number of nitrogen functional groups attached to an aromatic ring is 4. The number of anilines is 4. The molecule has 0 spiro atoms. The quantitative estimate of drug-likeness (QED) is 0.0218. The minimum absolute atomic E-state index is 0.00190. The van der Waals surface area contributed by atoms with Crippen LogP contribution in [0.1, 0.15) is 130 Å². The highest BCUT2D eigenvalue weighted by Gasteiger charge is 2.52. The topological polar surface area (TPSA) is 801 Å². The Morgan fingerprint density at radius 2 is 0.555 bits per heavy atom. The second-order valence-corrected chi connectivity index (χ2v) is 53.8. The lowest BCUT2D eigenvalue weighted by atomic mass is 10.1. The zero-order chi connectivity index (χ0) is 105. The summed E-state index contributed by atoms with van der Waals surface area (Å²) in [5.74, 6) is -0.690. The second kappa shape index (κ2) is 44.7. The van der Waals surface area contributed by atoms with Crippen molar-refractivity contribution in [1.29, 1.82) is 0 Å². The molecular weight excluding hydrogens is 2220 g/mol.